The maximum absolute atomic E-state index is 8.89. The highest BCUT2D eigenvalue weighted by Gasteiger charge is 2.16. The van der Waals surface area contributed by atoms with Gasteiger partial charge in [0.15, 0.2) is 0 Å². The first-order chi connectivity index (χ1) is 13.8. The molecule has 1 saturated heterocycles. The van der Waals surface area contributed by atoms with Crippen molar-refractivity contribution in [3.05, 3.63) is 54.1 Å². The third kappa shape index (κ3) is 4.55. The molecule has 0 spiro atoms. The second-order valence-electron chi connectivity index (χ2n) is 7.27. The Hall–Kier alpha value is -2.34. The minimum atomic E-state index is 0.0633. The number of fused-ring (bicyclic) bond motifs is 1. The zero-order chi connectivity index (χ0) is 19.2. The Balaban J connectivity index is 1.64. The average molecular weight is 380 g/mol. The lowest BCUT2D eigenvalue weighted by atomic mass is 10.0. The van der Waals surface area contributed by atoms with Gasteiger partial charge in [-0.1, -0.05) is 30.3 Å². The van der Waals surface area contributed by atoms with Crippen LogP contribution in [0.5, 0.6) is 0 Å². The summed E-state index contributed by atoms with van der Waals surface area (Å²) in [5.74, 6) is 0. The van der Waals surface area contributed by atoms with Crippen LogP contribution in [0.2, 0.25) is 0 Å². The molecule has 1 aliphatic heterocycles. The molecule has 148 valence electrons. The normalized spacial score (nSPS) is 15.2. The molecule has 5 heteroatoms. The van der Waals surface area contributed by atoms with E-state index in [0.29, 0.717) is 19.3 Å². The van der Waals surface area contributed by atoms with Crippen molar-refractivity contribution in [2.24, 2.45) is 0 Å². The van der Waals surface area contributed by atoms with Crippen LogP contribution < -0.4 is 5.32 Å². The number of H-pyrrole nitrogens is 1. The van der Waals surface area contributed by atoms with E-state index in [-0.39, 0.29) is 6.61 Å². The molecule has 5 nitrogen and oxygen atoms in total. The summed E-state index contributed by atoms with van der Waals surface area (Å²) in [7, 11) is 0. The topological polar surface area (TPSA) is 66.5 Å². The zero-order valence-electron chi connectivity index (χ0n) is 16.1. The monoisotopic (exact) mass is 380 g/mol. The summed E-state index contributed by atoms with van der Waals surface area (Å²) < 4.78 is 11.0. The molecule has 1 aliphatic rings. The summed E-state index contributed by atoms with van der Waals surface area (Å²) in [5.41, 5.74) is 5.83. The molecule has 3 aromatic rings. The number of hydrogen-bond donors (Lipinski definition) is 3. The predicted molar refractivity (Wildman–Crippen MR) is 113 cm³/mol. The molecule has 0 atom stereocenters. The summed E-state index contributed by atoms with van der Waals surface area (Å²) in [6.45, 7) is 2.69. The van der Waals surface area contributed by atoms with Crippen LogP contribution in [0.4, 0.5) is 5.69 Å². The van der Waals surface area contributed by atoms with Crippen molar-refractivity contribution in [2.45, 2.75) is 25.3 Å². The summed E-state index contributed by atoms with van der Waals surface area (Å²) >= 11 is 0. The third-order valence-electron chi connectivity index (χ3n) is 5.22. The highest BCUT2D eigenvalue weighted by Crippen LogP contribution is 2.31. The van der Waals surface area contributed by atoms with Crippen molar-refractivity contribution in [2.75, 3.05) is 38.4 Å². The van der Waals surface area contributed by atoms with Crippen LogP contribution in [0, 0.1) is 0 Å². The number of aromatic amines is 1. The van der Waals surface area contributed by atoms with Gasteiger partial charge in [-0.05, 0) is 48.6 Å². The molecule has 1 aromatic heterocycles. The third-order valence-corrected chi connectivity index (χ3v) is 5.22. The second-order valence-corrected chi connectivity index (χ2v) is 7.27. The fourth-order valence-corrected chi connectivity index (χ4v) is 3.76. The van der Waals surface area contributed by atoms with E-state index in [4.69, 9.17) is 14.6 Å². The Labute approximate surface area is 165 Å². The van der Waals surface area contributed by atoms with Crippen LogP contribution >= 0.6 is 0 Å². The largest absolute Gasteiger partial charge is 0.394 e. The molecule has 0 bridgehead atoms. The van der Waals surface area contributed by atoms with Gasteiger partial charge < -0.3 is 24.9 Å². The molecule has 4 rings (SSSR count). The Kier molecular flexibility index (Phi) is 6.27. The predicted octanol–water partition coefficient (Wildman–Crippen LogP) is 3.98. The van der Waals surface area contributed by atoms with E-state index in [9.17, 15) is 0 Å². The standard InChI is InChI=1S/C23H28N2O3/c26-9-13-28-10-6-17-14-19-16-21(18-4-2-1-3-5-18)25-23(19)22(15-17)24-20-7-11-27-12-8-20/h1-5,14-16,20,24-26H,6-13H2. The van der Waals surface area contributed by atoms with Crippen molar-refractivity contribution < 1.29 is 14.6 Å². The number of benzene rings is 2. The molecule has 0 saturated carbocycles. The van der Waals surface area contributed by atoms with Crippen molar-refractivity contribution in [1.82, 2.24) is 4.98 Å². The van der Waals surface area contributed by atoms with Crippen LogP contribution in [0.3, 0.4) is 0 Å². The SMILES string of the molecule is OCCOCCc1cc(NC2CCOCC2)c2[nH]c(-c3ccccc3)cc2c1. The van der Waals surface area contributed by atoms with Gasteiger partial charge in [0.05, 0.1) is 31.0 Å². The summed E-state index contributed by atoms with van der Waals surface area (Å²) in [6.07, 6.45) is 2.87. The van der Waals surface area contributed by atoms with Crippen molar-refractivity contribution in [3.8, 4) is 11.3 Å². The van der Waals surface area contributed by atoms with Crippen molar-refractivity contribution in [1.29, 1.82) is 0 Å². The first kappa shape index (κ1) is 19.0. The first-order valence-electron chi connectivity index (χ1n) is 10.1. The number of aliphatic hydroxyl groups excluding tert-OH is 1. The summed E-state index contributed by atoms with van der Waals surface area (Å²) in [6, 6.07) is 17.5. The molecule has 0 amide bonds. The van der Waals surface area contributed by atoms with E-state index >= 15 is 0 Å². The average Bonchev–Trinajstić information content (AvgIpc) is 3.17. The van der Waals surface area contributed by atoms with E-state index in [1.54, 1.807) is 0 Å². The number of ether oxygens (including phenoxy) is 2. The van der Waals surface area contributed by atoms with Crippen molar-refractivity contribution in [3.63, 3.8) is 0 Å². The maximum Gasteiger partial charge on any atom is 0.0697 e. The number of aromatic nitrogens is 1. The lowest BCUT2D eigenvalue weighted by molar-refractivity contribution is 0.0904. The molecular formula is C23H28N2O3. The minimum Gasteiger partial charge on any atom is -0.394 e. The molecule has 0 aliphatic carbocycles. The maximum atomic E-state index is 8.89. The molecule has 2 heterocycles. The van der Waals surface area contributed by atoms with E-state index < -0.39 is 0 Å². The van der Waals surface area contributed by atoms with Crippen LogP contribution in [-0.4, -0.2) is 49.2 Å². The molecular weight excluding hydrogens is 352 g/mol. The van der Waals surface area contributed by atoms with E-state index in [1.165, 1.54) is 16.5 Å². The Morgan fingerprint density at radius 2 is 1.89 bits per heavy atom. The molecule has 3 N–H and O–H groups in total. The fourth-order valence-electron chi connectivity index (χ4n) is 3.76. The quantitative estimate of drug-likeness (QED) is 0.517. The number of aliphatic hydroxyl groups is 1. The van der Waals surface area contributed by atoms with Gasteiger partial charge in [0.25, 0.3) is 0 Å². The van der Waals surface area contributed by atoms with Crippen LogP contribution in [0.15, 0.2) is 48.5 Å². The molecule has 1 fully saturated rings. The van der Waals surface area contributed by atoms with Gasteiger partial charge in [-0.15, -0.1) is 0 Å². The van der Waals surface area contributed by atoms with E-state index in [0.717, 1.165) is 49.4 Å². The number of hydrogen-bond acceptors (Lipinski definition) is 4. The first-order valence-corrected chi connectivity index (χ1v) is 10.1. The zero-order valence-corrected chi connectivity index (χ0v) is 16.1. The highest BCUT2D eigenvalue weighted by molar-refractivity contribution is 5.95. The van der Waals surface area contributed by atoms with Crippen LogP contribution in [0.1, 0.15) is 18.4 Å². The lowest BCUT2D eigenvalue weighted by Crippen LogP contribution is -2.28. The molecule has 28 heavy (non-hydrogen) atoms. The van der Waals surface area contributed by atoms with Gasteiger partial charge in [-0.3, -0.25) is 0 Å². The smallest absolute Gasteiger partial charge is 0.0697 e. The van der Waals surface area contributed by atoms with Gasteiger partial charge in [-0.2, -0.15) is 0 Å². The highest BCUT2D eigenvalue weighted by atomic mass is 16.5. The van der Waals surface area contributed by atoms with Crippen molar-refractivity contribution >= 4 is 16.6 Å². The number of nitrogens with one attached hydrogen (secondary N) is 2. The Morgan fingerprint density at radius 3 is 2.68 bits per heavy atom. The fraction of sp³-hybridized carbons (Fsp3) is 0.391. The van der Waals surface area contributed by atoms with Gasteiger partial charge >= 0.3 is 0 Å². The Bertz CT molecular complexity index is 886. The van der Waals surface area contributed by atoms with E-state index in [1.807, 2.05) is 6.07 Å². The van der Waals surface area contributed by atoms with Crippen LogP contribution in [-0.2, 0) is 15.9 Å². The van der Waals surface area contributed by atoms with Gasteiger partial charge in [0, 0.05) is 30.3 Å². The molecule has 0 radical (unpaired) electrons. The minimum absolute atomic E-state index is 0.0633. The molecule has 2 aromatic carbocycles. The number of anilines is 1. The van der Waals surface area contributed by atoms with Gasteiger partial charge in [0.2, 0.25) is 0 Å². The summed E-state index contributed by atoms with van der Waals surface area (Å²) in [5, 5.41) is 13.8. The Morgan fingerprint density at radius 1 is 1.07 bits per heavy atom. The number of rotatable bonds is 8. The van der Waals surface area contributed by atoms with Gasteiger partial charge in [-0.25, -0.2) is 0 Å². The second kappa shape index (κ2) is 9.24. The van der Waals surface area contributed by atoms with Gasteiger partial charge in [0.1, 0.15) is 0 Å². The molecule has 0 unspecified atom stereocenters. The van der Waals surface area contributed by atoms with Crippen LogP contribution in [0.25, 0.3) is 22.2 Å². The van der Waals surface area contributed by atoms with E-state index in [2.05, 4.69) is 52.8 Å². The summed E-state index contributed by atoms with van der Waals surface area (Å²) in [4.78, 5) is 3.62. The lowest BCUT2D eigenvalue weighted by Gasteiger charge is -2.24.